The zero-order chi connectivity index (χ0) is 16.4. The highest BCUT2D eigenvalue weighted by Crippen LogP contribution is 2.20. The third-order valence-corrected chi connectivity index (χ3v) is 4.38. The summed E-state index contributed by atoms with van der Waals surface area (Å²) in [6, 6.07) is 1.90. The van der Waals surface area contributed by atoms with E-state index in [0.717, 1.165) is 43.2 Å². The van der Waals surface area contributed by atoms with Gasteiger partial charge in [-0.1, -0.05) is 6.92 Å². The summed E-state index contributed by atoms with van der Waals surface area (Å²) in [5.41, 5.74) is 1.69. The Balaban J connectivity index is 1.57. The van der Waals surface area contributed by atoms with Gasteiger partial charge in [0.1, 0.15) is 5.69 Å². The normalized spacial score (nSPS) is 16.0. The standard InChI is InChI=1S/C16H23N5O2/c1-11-6-8-21(9-7-11)15(22)5-4-14-17-18-16(23-14)13-10-12(2)19-20(13)3/h10-11H,4-9H2,1-3H3. The lowest BCUT2D eigenvalue weighted by molar-refractivity contribution is -0.132. The summed E-state index contributed by atoms with van der Waals surface area (Å²) in [4.78, 5) is 14.2. The molecule has 7 nitrogen and oxygen atoms in total. The van der Waals surface area contributed by atoms with E-state index >= 15 is 0 Å². The second-order valence-electron chi connectivity index (χ2n) is 6.36. The molecule has 0 N–H and O–H groups in total. The molecular formula is C16H23N5O2. The third kappa shape index (κ3) is 3.60. The van der Waals surface area contributed by atoms with E-state index in [2.05, 4.69) is 22.2 Å². The summed E-state index contributed by atoms with van der Waals surface area (Å²) >= 11 is 0. The molecule has 23 heavy (non-hydrogen) atoms. The van der Waals surface area contributed by atoms with Crippen LogP contribution in [0.15, 0.2) is 10.5 Å². The molecule has 2 aromatic heterocycles. The van der Waals surface area contributed by atoms with Gasteiger partial charge in [0.2, 0.25) is 11.8 Å². The Labute approximate surface area is 135 Å². The van der Waals surface area contributed by atoms with E-state index in [1.807, 2.05) is 24.9 Å². The van der Waals surface area contributed by atoms with Crippen molar-refractivity contribution in [2.24, 2.45) is 13.0 Å². The fourth-order valence-corrected chi connectivity index (χ4v) is 2.90. The van der Waals surface area contributed by atoms with Crippen LogP contribution in [0.1, 0.15) is 37.8 Å². The Kier molecular flexibility index (Phi) is 4.45. The van der Waals surface area contributed by atoms with Crippen molar-refractivity contribution in [2.45, 2.75) is 39.5 Å². The zero-order valence-electron chi connectivity index (χ0n) is 13.9. The predicted octanol–water partition coefficient (Wildman–Crippen LogP) is 1.97. The molecule has 1 amide bonds. The molecule has 124 valence electrons. The maximum Gasteiger partial charge on any atom is 0.265 e. The summed E-state index contributed by atoms with van der Waals surface area (Å²) in [7, 11) is 1.84. The average Bonchev–Trinajstić information content (AvgIpc) is 3.11. The maximum atomic E-state index is 12.2. The summed E-state index contributed by atoms with van der Waals surface area (Å²) in [6.07, 6.45) is 3.09. The molecule has 2 aromatic rings. The Bertz CT molecular complexity index is 682. The first-order valence-electron chi connectivity index (χ1n) is 8.14. The van der Waals surface area contributed by atoms with Crippen LogP contribution < -0.4 is 0 Å². The smallest absolute Gasteiger partial charge is 0.265 e. The fourth-order valence-electron chi connectivity index (χ4n) is 2.90. The molecule has 1 fully saturated rings. The van der Waals surface area contributed by atoms with Crippen LogP contribution in [0.2, 0.25) is 0 Å². The molecule has 0 bridgehead atoms. The van der Waals surface area contributed by atoms with Gasteiger partial charge in [0.05, 0.1) is 5.69 Å². The van der Waals surface area contributed by atoms with Gasteiger partial charge in [-0.3, -0.25) is 9.48 Å². The van der Waals surface area contributed by atoms with Gasteiger partial charge >= 0.3 is 0 Å². The van der Waals surface area contributed by atoms with Crippen LogP contribution in [0.4, 0.5) is 0 Å². The van der Waals surface area contributed by atoms with Crippen molar-refractivity contribution < 1.29 is 9.21 Å². The largest absolute Gasteiger partial charge is 0.419 e. The number of piperidine rings is 1. The second kappa shape index (κ2) is 6.52. The lowest BCUT2D eigenvalue weighted by Crippen LogP contribution is -2.38. The molecule has 0 atom stereocenters. The highest BCUT2D eigenvalue weighted by Gasteiger charge is 2.21. The van der Waals surface area contributed by atoms with Gasteiger partial charge in [0.25, 0.3) is 5.89 Å². The number of hydrogen-bond acceptors (Lipinski definition) is 5. The van der Waals surface area contributed by atoms with Crippen molar-refractivity contribution in [3.63, 3.8) is 0 Å². The lowest BCUT2D eigenvalue weighted by atomic mass is 9.99. The zero-order valence-corrected chi connectivity index (χ0v) is 13.9. The topological polar surface area (TPSA) is 77.0 Å². The number of carbonyl (C=O) groups excluding carboxylic acids is 1. The second-order valence-corrected chi connectivity index (χ2v) is 6.36. The minimum Gasteiger partial charge on any atom is -0.419 e. The first kappa shape index (κ1) is 15.7. The van der Waals surface area contributed by atoms with E-state index in [9.17, 15) is 4.79 Å². The van der Waals surface area contributed by atoms with Gasteiger partial charge in [-0.15, -0.1) is 10.2 Å². The van der Waals surface area contributed by atoms with Gasteiger partial charge in [-0.05, 0) is 31.7 Å². The number of amides is 1. The SMILES string of the molecule is Cc1cc(-c2nnc(CCC(=O)N3CCC(C)CC3)o2)n(C)n1. The van der Waals surface area contributed by atoms with Gasteiger partial charge in [0, 0.05) is 33.0 Å². The Hall–Kier alpha value is -2.18. The van der Waals surface area contributed by atoms with E-state index in [0.29, 0.717) is 24.6 Å². The Morgan fingerprint density at radius 1 is 1.35 bits per heavy atom. The molecule has 0 radical (unpaired) electrons. The third-order valence-electron chi connectivity index (χ3n) is 4.38. The van der Waals surface area contributed by atoms with Crippen molar-refractivity contribution in [2.75, 3.05) is 13.1 Å². The molecule has 0 saturated carbocycles. The summed E-state index contributed by atoms with van der Waals surface area (Å²) in [5, 5.41) is 12.4. The van der Waals surface area contributed by atoms with Crippen LogP contribution in [0.25, 0.3) is 11.6 Å². The van der Waals surface area contributed by atoms with Gasteiger partial charge in [-0.25, -0.2) is 0 Å². The number of rotatable bonds is 4. The molecule has 3 heterocycles. The highest BCUT2D eigenvalue weighted by atomic mass is 16.4. The summed E-state index contributed by atoms with van der Waals surface area (Å²) in [6.45, 7) is 5.88. The van der Waals surface area contributed by atoms with Crippen LogP contribution in [0, 0.1) is 12.8 Å². The number of likely N-dealkylation sites (tertiary alicyclic amines) is 1. The quantitative estimate of drug-likeness (QED) is 0.861. The maximum absolute atomic E-state index is 12.2. The number of aryl methyl sites for hydroxylation is 3. The first-order valence-corrected chi connectivity index (χ1v) is 8.14. The minimum atomic E-state index is 0.174. The van der Waals surface area contributed by atoms with E-state index in [1.165, 1.54) is 0 Å². The van der Waals surface area contributed by atoms with Gasteiger partial charge in [0.15, 0.2) is 0 Å². The number of hydrogen-bond donors (Lipinski definition) is 0. The molecule has 3 rings (SSSR count). The van der Waals surface area contributed by atoms with Crippen molar-refractivity contribution >= 4 is 5.91 Å². The Morgan fingerprint density at radius 3 is 2.74 bits per heavy atom. The van der Waals surface area contributed by atoms with E-state index < -0.39 is 0 Å². The molecule has 0 spiro atoms. The number of nitrogens with zero attached hydrogens (tertiary/aromatic N) is 5. The van der Waals surface area contributed by atoms with Crippen LogP contribution in [0.5, 0.6) is 0 Å². The molecule has 0 aromatic carbocycles. The Morgan fingerprint density at radius 2 is 2.09 bits per heavy atom. The summed E-state index contributed by atoms with van der Waals surface area (Å²) < 4.78 is 7.38. The molecule has 1 aliphatic heterocycles. The van der Waals surface area contributed by atoms with Crippen LogP contribution in [-0.2, 0) is 18.3 Å². The predicted molar refractivity (Wildman–Crippen MR) is 84.5 cm³/mol. The van der Waals surface area contributed by atoms with Crippen molar-refractivity contribution in [3.05, 3.63) is 17.7 Å². The van der Waals surface area contributed by atoms with Gasteiger partial charge < -0.3 is 9.32 Å². The molecule has 1 aliphatic rings. The molecule has 1 saturated heterocycles. The van der Waals surface area contributed by atoms with Crippen LogP contribution >= 0.6 is 0 Å². The first-order chi connectivity index (χ1) is 11.0. The van der Waals surface area contributed by atoms with E-state index in [4.69, 9.17) is 4.42 Å². The monoisotopic (exact) mass is 317 g/mol. The number of carbonyl (C=O) groups is 1. The van der Waals surface area contributed by atoms with Crippen molar-refractivity contribution in [1.29, 1.82) is 0 Å². The highest BCUT2D eigenvalue weighted by molar-refractivity contribution is 5.76. The van der Waals surface area contributed by atoms with Crippen molar-refractivity contribution in [1.82, 2.24) is 24.9 Å². The van der Waals surface area contributed by atoms with E-state index in [-0.39, 0.29) is 5.91 Å². The lowest BCUT2D eigenvalue weighted by Gasteiger charge is -2.30. The molecule has 7 heteroatoms. The minimum absolute atomic E-state index is 0.174. The van der Waals surface area contributed by atoms with Crippen molar-refractivity contribution in [3.8, 4) is 11.6 Å². The van der Waals surface area contributed by atoms with Gasteiger partial charge in [-0.2, -0.15) is 5.10 Å². The van der Waals surface area contributed by atoms with Crippen LogP contribution in [0.3, 0.4) is 0 Å². The number of aromatic nitrogens is 4. The molecule has 0 aliphatic carbocycles. The molecule has 0 unspecified atom stereocenters. The average molecular weight is 317 g/mol. The molecular weight excluding hydrogens is 294 g/mol. The van der Waals surface area contributed by atoms with E-state index in [1.54, 1.807) is 4.68 Å². The fraction of sp³-hybridized carbons (Fsp3) is 0.625. The summed E-state index contributed by atoms with van der Waals surface area (Å²) in [5.74, 6) is 1.84. The van der Waals surface area contributed by atoms with Crippen LogP contribution in [-0.4, -0.2) is 43.9 Å².